The molecule has 1 saturated heterocycles. The Morgan fingerprint density at radius 2 is 2.05 bits per heavy atom. The lowest BCUT2D eigenvalue weighted by Gasteiger charge is -2.24. The Balaban J connectivity index is 1.90. The van der Waals surface area contributed by atoms with Crippen LogP contribution in [0.3, 0.4) is 0 Å². The molecule has 6 heteroatoms. The van der Waals surface area contributed by atoms with E-state index in [0.29, 0.717) is 37.1 Å². The molecule has 0 radical (unpaired) electrons. The number of hydrogen-bond acceptors (Lipinski definition) is 4. The Bertz CT molecular complexity index is 612. The molecule has 0 unspecified atom stereocenters. The van der Waals surface area contributed by atoms with Crippen LogP contribution >= 0.6 is 0 Å². The van der Waals surface area contributed by atoms with Crippen molar-refractivity contribution in [1.29, 1.82) is 0 Å². The zero-order valence-corrected chi connectivity index (χ0v) is 10.9. The van der Waals surface area contributed by atoms with Gasteiger partial charge in [0.15, 0.2) is 0 Å². The van der Waals surface area contributed by atoms with E-state index in [0.717, 1.165) is 5.56 Å². The summed E-state index contributed by atoms with van der Waals surface area (Å²) in [5, 5.41) is 2.33. The van der Waals surface area contributed by atoms with Crippen LogP contribution in [0.5, 0.6) is 0 Å². The van der Waals surface area contributed by atoms with Crippen LogP contribution in [-0.2, 0) is 16.1 Å². The van der Waals surface area contributed by atoms with Gasteiger partial charge in [-0.1, -0.05) is 6.07 Å². The quantitative estimate of drug-likeness (QED) is 0.573. The van der Waals surface area contributed by atoms with Gasteiger partial charge in [0, 0.05) is 29.8 Å². The highest BCUT2D eigenvalue weighted by Gasteiger charge is 2.38. The Morgan fingerprint density at radius 1 is 1.25 bits per heavy atom. The summed E-state index contributed by atoms with van der Waals surface area (Å²) < 4.78 is 0. The second kappa shape index (κ2) is 4.63. The van der Waals surface area contributed by atoms with E-state index in [1.54, 1.807) is 18.2 Å². The Kier molecular flexibility index (Phi) is 2.93. The molecule has 1 fully saturated rings. The second-order valence-corrected chi connectivity index (χ2v) is 5.13. The van der Waals surface area contributed by atoms with Crippen LogP contribution in [0, 0.1) is 0 Å². The summed E-state index contributed by atoms with van der Waals surface area (Å²) in [4.78, 5) is 37.3. The smallest absolute Gasteiger partial charge is 0.255 e. The monoisotopic (exact) mass is 273 g/mol. The van der Waals surface area contributed by atoms with Gasteiger partial charge in [0.2, 0.25) is 11.8 Å². The topological polar surface area (TPSA) is 92.5 Å². The number of nitrogens with zero attached hydrogens (tertiary/aromatic N) is 1. The third kappa shape index (κ3) is 1.93. The molecule has 0 saturated carbocycles. The first-order valence-electron chi connectivity index (χ1n) is 6.60. The Hall–Kier alpha value is -2.37. The lowest BCUT2D eigenvalue weighted by molar-refractivity contribution is -0.132. The van der Waals surface area contributed by atoms with Crippen molar-refractivity contribution >= 4 is 23.4 Å². The zero-order chi connectivity index (χ0) is 14.3. The van der Waals surface area contributed by atoms with Gasteiger partial charge in [-0.15, -0.1) is 0 Å². The maximum atomic E-state index is 12.4. The van der Waals surface area contributed by atoms with Gasteiger partial charge in [-0.05, 0) is 25.0 Å². The number of carbonyl (C=O) groups excluding carboxylic acids is 3. The first-order chi connectivity index (χ1) is 9.58. The molecule has 0 aliphatic carbocycles. The zero-order valence-electron chi connectivity index (χ0n) is 10.9. The number of fused-ring (bicyclic) bond motifs is 1. The number of nitrogens with one attached hydrogen (secondary N) is 1. The summed E-state index contributed by atoms with van der Waals surface area (Å²) in [7, 11) is 0. The third-order valence-corrected chi connectivity index (χ3v) is 3.85. The average molecular weight is 273 g/mol. The van der Waals surface area contributed by atoms with Crippen LogP contribution < -0.4 is 11.1 Å². The molecule has 1 atom stereocenters. The number of anilines is 1. The summed E-state index contributed by atoms with van der Waals surface area (Å²) in [5.41, 5.74) is 7.75. The molecule has 1 aromatic carbocycles. The molecule has 3 rings (SSSR count). The molecule has 2 aliphatic heterocycles. The van der Waals surface area contributed by atoms with Crippen LogP contribution in [0.2, 0.25) is 0 Å². The molecule has 1 aromatic rings. The summed E-state index contributed by atoms with van der Waals surface area (Å²) in [6.07, 6.45) is 1.41. The van der Waals surface area contributed by atoms with Crippen LogP contribution in [0.25, 0.3) is 0 Å². The molecular weight excluding hydrogens is 258 g/mol. The molecule has 3 N–H and O–H groups in total. The fraction of sp³-hybridized carbons (Fsp3) is 0.357. The minimum Gasteiger partial charge on any atom is -0.398 e. The molecule has 0 spiro atoms. The van der Waals surface area contributed by atoms with Crippen molar-refractivity contribution < 1.29 is 14.4 Å². The lowest BCUT2D eigenvalue weighted by Crippen LogP contribution is -2.46. The summed E-state index contributed by atoms with van der Waals surface area (Å²) >= 11 is 0. The van der Waals surface area contributed by atoms with Crippen LogP contribution in [0.15, 0.2) is 18.2 Å². The lowest BCUT2D eigenvalue weighted by atomic mass is 10.1. The number of rotatable bonds is 1. The highest BCUT2D eigenvalue weighted by Crippen LogP contribution is 2.30. The van der Waals surface area contributed by atoms with Crippen LogP contribution in [0.1, 0.15) is 35.2 Å². The van der Waals surface area contributed by atoms with E-state index in [2.05, 4.69) is 5.32 Å². The van der Waals surface area contributed by atoms with Gasteiger partial charge in [0.05, 0.1) is 0 Å². The molecule has 6 nitrogen and oxygen atoms in total. The van der Waals surface area contributed by atoms with E-state index in [1.165, 1.54) is 4.90 Å². The van der Waals surface area contributed by atoms with E-state index < -0.39 is 11.9 Å². The van der Waals surface area contributed by atoms with E-state index >= 15 is 0 Å². The van der Waals surface area contributed by atoms with E-state index in [9.17, 15) is 14.4 Å². The Morgan fingerprint density at radius 3 is 2.80 bits per heavy atom. The van der Waals surface area contributed by atoms with Gasteiger partial charge in [-0.3, -0.25) is 19.7 Å². The van der Waals surface area contributed by atoms with Crippen LogP contribution in [-0.4, -0.2) is 28.7 Å². The van der Waals surface area contributed by atoms with E-state index in [-0.39, 0.29) is 11.8 Å². The number of nitrogen functional groups attached to an aromatic ring is 1. The first-order valence-corrected chi connectivity index (χ1v) is 6.60. The maximum Gasteiger partial charge on any atom is 0.255 e. The summed E-state index contributed by atoms with van der Waals surface area (Å²) in [5.74, 6) is -0.866. The SMILES string of the molecule is Nc1cccc2c1CN([C@@H]1CCCC(=O)NC1=O)C2=O. The number of benzene rings is 1. The number of imide groups is 1. The summed E-state index contributed by atoms with van der Waals surface area (Å²) in [6, 6.07) is 4.59. The number of amides is 3. The highest BCUT2D eigenvalue weighted by molar-refractivity contribution is 6.05. The van der Waals surface area contributed by atoms with Gasteiger partial charge < -0.3 is 10.6 Å². The van der Waals surface area contributed by atoms with Gasteiger partial charge in [-0.2, -0.15) is 0 Å². The van der Waals surface area contributed by atoms with E-state index in [1.807, 2.05) is 0 Å². The van der Waals surface area contributed by atoms with Gasteiger partial charge >= 0.3 is 0 Å². The molecule has 104 valence electrons. The molecule has 2 aliphatic rings. The highest BCUT2D eigenvalue weighted by atomic mass is 16.2. The molecule has 0 bridgehead atoms. The van der Waals surface area contributed by atoms with Crippen molar-refractivity contribution in [2.45, 2.75) is 31.8 Å². The Labute approximate surface area is 115 Å². The van der Waals surface area contributed by atoms with Crippen LogP contribution in [0.4, 0.5) is 5.69 Å². The predicted molar refractivity (Wildman–Crippen MR) is 71.5 cm³/mol. The molecular formula is C14H15N3O3. The van der Waals surface area contributed by atoms with Gasteiger partial charge in [0.25, 0.3) is 5.91 Å². The predicted octanol–water partition coefficient (Wildman–Crippen LogP) is 0.420. The molecule has 0 aromatic heterocycles. The van der Waals surface area contributed by atoms with Crippen molar-refractivity contribution in [1.82, 2.24) is 10.2 Å². The van der Waals surface area contributed by atoms with Gasteiger partial charge in [-0.25, -0.2) is 0 Å². The first kappa shape index (κ1) is 12.7. The fourth-order valence-electron chi connectivity index (χ4n) is 2.80. The van der Waals surface area contributed by atoms with Crippen molar-refractivity contribution in [3.63, 3.8) is 0 Å². The van der Waals surface area contributed by atoms with Crippen molar-refractivity contribution in [2.24, 2.45) is 0 Å². The maximum absolute atomic E-state index is 12.4. The molecule has 2 heterocycles. The molecule has 20 heavy (non-hydrogen) atoms. The summed E-state index contributed by atoms with van der Waals surface area (Å²) in [6.45, 7) is 0.327. The minimum absolute atomic E-state index is 0.193. The minimum atomic E-state index is -0.597. The average Bonchev–Trinajstić information content (AvgIpc) is 2.64. The van der Waals surface area contributed by atoms with Crippen molar-refractivity contribution in [2.75, 3.05) is 5.73 Å². The largest absolute Gasteiger partial charge is 0.398 e. The van der Waals surface area contributed by atoms with Crippen molar-refractivity contribution in [3.8, 4) is 0 Å². The standard InChI is InChI=1S/C14H15N3O3/c15-10-4-1-3-8-9(10)7-17(14(8)20)11-5-2-6-12(18)16-13(11)19/h1,3-4,11H,2,5-7,15H2,(H,16,18,19)/t11-/m1/s1. The third-order valence-electron chi connectivity index (χ3n) is 3.85. The fourth-order valence-corrected chi connectivity index (χ4v) is 2.80. The number of hydrogen-bond donors (Lipinski definition) is 2. The molecule has 3 amide bonds. The number of nitrogens with two attached hydrogens (primary N) is 1. The van der Waals surface area contributed by atoms with E-state index in [4.69, 9.17) is 5.73 Å². The van der Waals surface area contributed by atoms with Crippen molar-refractivity contribution in [3.05, 3.63) is 29.3 Å². The second-order valence-electron chi connectivity index (χ2n) is 5.13. The normalized spacial score (nSPS) is 22.5. The van der Waals surface area contributed by atoms with Gasteiger partial charge in [0.1, 0.15) is 6.04 Å². The number of carbonyl (C=O) groups is 3.